The molecule has 3 nitrogen and oxygen atoms in total. The molecule has 2 rings (SSSR count). The zero-order chi connectivity index (χ0) is 12.4. The Morgan fingerprint density at radius 3 is 2.47 bits per heavy atom. The highest BCUT2D eigenvalue weighted by molar-refractivity contribution is 8.01. The van der Waals surface area contributed by atoms with Gasteiger partial charge in [-0.1, -0.05) is 32.0 Å². The van der Waals surface area contributed by atoms with E-state index in [2.05, 4.69) is 0 Å². The van der Waals surface area contributed by atoms with Crippen molar-refractivity contribution in [1.29, 1.82) is 0 Å². The molecule has 17 heavy (non-hydrogen) atoms. The van der Waals surface area contributed by atoms with Gasteiger partial charge in [-0.3, -0.25) is 9.59 Å². The molecule has 90 valence electrons. The van der Waals surface area contributed by atoms with Gasteiger partial charge in [-0.05, 0) is 17.4 Å². The molecule has 4 heteroatoms. The number of rotatable bonds is 3. The van der Waals surface area contributed by atoms with E-state index < -0.39 is 0 Å². The Morgan fingerprint density at radius 2 is 1.88 bits per heavy atom. The number of benzene rings is 1. The zero-order valence-electron chi connectivity index (χ0n) is 9.92. The molecule has 2 amide bonds. The monoisotopic (exact) mass is 249 g/mol. The SMILES string of the molecule is CC(C)SC1CC(=O)N(c2ccccc2)C1=O. The minimum atomic E-state index is -0.220. The third-order valence-corrected chi connectivity index (χ3v) is 3.80. The van der Waals surface area contributed by atoms with Crippen molar-refractivity contribution in [3.05, 3.63) is 30.3 Å². The van der Waals surface area contributed by atoms with Crippen LogP contribution < -0.4 is 4.90 Å². The zero-order valence-corrected chi connectivity index (χ0v) is 10.7. The van der Waals surface area contributed by atoms with Crippen LogP contribution in [0.2, 0.25) is 0 Å². The van der Waals surface area contributed by atoms with Crippen molar-refractivity contribution in [2.24, 2.45) is 0 Å². The number of carbonyl (C=O) groups excluding carboxylic acids is 2. The van der Waals surface area contributed by atoms with Gasteiger partial charge in [0.25, 0.3) is 0 Å². The molecular weight excluding hydrogens is 234 g/mol. The molecule has 0 bridgehead atoms. The van der Waals surface area contributed by atoms with E-state index in [1.165, 1.54) is 4.90 Å². The number of nitrogens with zero attached hydrogens (tertiary/aromatic N) is 1. The smallest absolute Gasteiger partial charge is 0.247 e. The summed E-state index contributed by atoms with van der Waals surface area (Å²) in [5.74, 6) is -0.181. The summed E-state index contributed by atoms with van der Waals surface area (Å²) < 4.78 is 0. The van der Waals surface area contributed by atoms with Crippen molar-refractivity contribution in [2.45, 2.75) is 30.8 Å². The third kappa shape index (κ3) is 2.52. The van der Waals surface area contributed by atoms with E-state index >= 15 is 0 Å². The maximum absolute atomic E-state index is 12.1. The Morgan fingerprint density at radius 1 is 1.24 bits per heavy atom. The Hall–Kier alpha value is -1.29. The Kier molecular flexibility index (Phi) is 3.52. The largest absolute Gasteiger partial charge is 0.274 e. The molecule has 1 heterocycles. The minimum Gasteiger partial charge on any atom is -0.274 e. The van der Waals surface area contributed by atoms with Gasteiger partial charge in [0.15, 0.2) is 0 Å². The van der Waals surface area contributed by atoms with E-state index in [9.17, 15) is 9.59 Å². The lowest BCUT2D eigenvalue weighted by molar-refractivity contribution is -0.121. The maximum Gasteiger partial charge on any atom is 0.247 e. The number of thioether (sulfide) groups is 1. The molecule has 1 atom stereocenters. The van der Waals surface area contributed by atoms with Crippen LogP contribution in [-0.2, 0) is 9.59 Å². The summed E-state index contributed by atoms with van der Waals surface area (Å²) in [5, 5.41) is 0.134. The van der Waals surface area contributed by atoms with Gasteiger partial charge >= 0.3 is 0 Å². The van der Waals surface area contributed by atoms with Gasteiger partial charge in [-0.25, -0.2) is 4.90 Å². The van der Waals surface area contributed by atoms with Crippen LogP contribution in [0.4, 0.5) is 5.69 Å². The Labute approximate surface area is 105 Å². The fourth-order valence-electron chi connectivity index (χ4n) is 1.89. The van der Waals surface area contributed by atoms with Gasteiger partial charge in [0.2, 0.25) is 11.8 Å². The van der Waals surface area contributed by atoms with Gasteiger partial charge in [0, 0.05) is 6.42 Å². The van der Waals surface area contributed by atoms with Gasteiger partial charge < -0.3 is 0 Å². The van der Waals surface area contributed by atoms with E-state index in [0.717, 1.165) is 0 Å². The van der Waals surface area contributed by atoms with Crippen molar-refractivity contribution < 1.29 is 9.59 Å². The fourth-order valence-corrected chi connectivity index (χ4v) is 3.00. The summed E-state index contributed by atoms with van der Waals surface area (Å²) in [5.41, 5.74) is 0.675. The van der Waals surface area contributed by atoms with Crippen LogP contribution in [0.5, 0.6) is 0 Å². The molecular formula is C13H15NO2S. The van der Waals surface area contributed by atoms with Gasteiger partial charge in [-0.15, -0.1) is 11.8 Å². The van der Waals surface area contributed by atoms with Crippen LogP contribution in [0.1, 0.15) is 20.3 Å². The molecule has 1 saturated heterocycles. The highest BCUT2D eigenvalue weighted by Gasteiger charge is 2.39. The topological polar surface area (TPSA) is 37.4 Å². The van der Waals surface area contributed by atoms with Gasteiger partial charge in [0.1, 0.15) is 0 Å². The first-order valence-electron chi connectivity index (χ1n) is 5.67. The predicted octanol–water partition coefficient (Wildman–Crippen LogP) is 2.46. The molecule has 1 aromatic rings. The quantitative estimate of drug-likeness (QED) is 0.772. The van der Waals surface area contributed by atoms with Crippen LogP contribution in [0, 0.1) is 0 Å². The number of amides is 2. The van der Waals surface area contributed by atoms with Crippen LogP contribution >= 0.6 is 11.8 Å². The summed E-state index contributed by atoms with van der Waals surface area (Å²) >= 11 is 1.56. The second kappa shape index (κ2) is 4.92. The Bertz CT molecular complexity index is 430. The Balaban J connectivity index is 2.20. The molecule has 1 aliphatic heterocycles. The second-order valence-electron chi connectivity index (χ2n) is 4.28. The first-order valence-corrected chi connectivity index (χ1v) is 6.61. The van der Waals surface area contributed by atoms with Crippen LogP contribution in [0.25, 0.3) is 0 Å². The van der Waals surface area contributed by atoms with Gasteiger partial charge in [-0.2, -0.15) is 0 Å². The number of carbonyl (C=O) groups is 2. The molecule has 0 radical (unpaired) electrons. The molecule has 0 aliphatic carbocycles. The molecule has 0 aromatic heterocycles. The van der Waals surface area contributed by atoms with Crippen molar-refractivity contribution in [3.63, 3.8) is 0 Å². The van der Waals surface area contributed by atoms with Crippen molar-refractivity contribution in [1.82, 2.24) is 0 Å². The number of para-hydroxylation sites is 1. The number of anilines is 1. The van der Waals surface area contributed by atoms with Crippen molar-refractivity contribution in [2.75, 3.05) is 4.90 Å². The normalized spacial score (nSPS) is 20.4. The number of hydrogen-bond donors (Lipinski definition) is 0. The van der Waals surface area contributed by atoms with Crippen molar-refractivity contribution >= 4 is 29.3 Å². The molecule has 1 unspecified atom stereocenters. The highest BCUT2D eigenvalue weighted by Crippen LogP contribution is 2.31. The first-order chi connectivity index (χ1) is 8.09. The summed E-state index contributed by atoms with van der Waals surface area (Å²) in [6.45, 7) is 4.07. The van der Waals surface area contributed by atoms with E-state index in [-0.39, 0.29) is 17.1 Å². The van der Waals surface area contributed by atoms with Crippen LogP contribution in [0.15, 0.2) is 30.3 Å². The maximum atomic E-state index is 12.1. The molecule has 0 saturated carbocycles. The second-order valence-corrected chi connectivity index (χ2v) is 6.06. The van der Waals surface area contributed by atoms with Crippen molar-refractivity contribution in [3.8, 4) is 0 Å². The summed E-state index contributed by atoms with van der Waals surface area (Å²) in [6, 6.07) is 9.11. The standard InChI is InChI=1S/C13H15NO2S/c1-9(2)17-11-8-12(15)14(13(11)16)10-6-4-3-5-7-10/h3-7,9,11H,8H2,1-2H3. The molecule has 1 fully saturated rings. The van der Waals surface area contributed by atoms with Crippen LogP contribution in [0.3, 0.4) is 0 Å². The first kappa shape index (κ1) is 12.2. The van der Waals surface area contributed by atoms with Gasteiger partial charge in [0.05, 0.1) is 10.9 Å². The van der Waals surface area contributed by atoms with E-state index in [1.54, 1.807) is 23.9 Å². The average Bonchev–Trinajstić information content (AvgIpc) is 2.54. The van der Waals surface area contributed by atoms with E-state index in [1.807, 2.05) is 32.0 Å². The molecule has 1 aromatic carbocycles. The molecule has 0 N–H and O–H groups in total. The minimum absolute atomic E-state index is 0.0834. The lowest BCUT2D eigenvalue weighted by atomic mass is 10.3. The van der Waals surface area contributed by atoms with E-state index in [0.29, 0.717) is 17.4 Å². The predicted molar refractivity (Wildman–Crippen MR) is 70.1 cm³/mol. The average molecular weight is 249 g/mol. The highest BCUT2D eigenvalue weighted by atomic mass is 32.2. The summed E-state index contributed by atoms with van der Waals surface area (Å²) in [6.07, 6.45) is 0.316. The number of imide groups is 1. The lowest BCUT2D eigenvalue weighted by Gasteiger charge is -2.15. The van der Waals surface area contributed by atoms with Crippen LogP contribution in [-0.4, -0.2) is 22.3 Å². The lowest BCUT2D eigenvalue weighted by Crippen LogP contribution is -2.31. The third-order valence-electron chi connectivity index (χ3n) is 2.56. The molecule has 1 aliphatic rings. The number of hydrogen-bond acceptors (Lipinski definition) is 3. The van der Waals surface area contributed by atoms with E-state index in [4.69, 9.17) is 0 Å². The summed E-state index contributed by atoms with van der Waals surface area (Å²) in [7, 11) is 0. The summed E-state index contributed by atoms with van der Waals surface area (Å²) in [4.78, 5) is 25.3. The molecule has 0 spiro atoms. The fraction of sp³-hybridized carbons (Fsp3) is 0.385.